The van der Waals surface area contributed by atoms with E-state index in [4.69, 9.17) is 0 Å². The Hall–Kier alpha value is -3.12. The molecular weight excluding hydrogens is 432 g/mol. The maximum Gasteiger partial charge on any atom is 0.262 e. The van der Waals surface area contributed by atoms with Gasteiger partial charge >= 0.3 is 0 Å². The van der Waals surface area contributed by atoms with Crippen molar-refractivity contribution < 1.29 is 13.2 Å². The highest BCUT2D eigenvalue weighted by Crippen LogP contribution is 2.23. The van der Waals surface area contributed by atoms with Crippen molar-refractivity contribution in [3.8, 4) is 0 Å². The van der Waals surface area contributed by atoms with Crippen LogP contribution in [-0.4, -0.2) is 14.3 Å². The fourth-order valence-corrected chi connectivity index (χ4v) is 5.27. The molecule has 174 valence electrons. The Labute approximate surface area is 197 Å². The number of rotatable bonds is 8. The lowest BCUT2D eigenvalue weighted by Crippen LogP contribution is -2.24. The van der Waals surface area contributed by atoms with Crippen LogP contribution in [0.3, 0.4) is 0 Å². The van der Waals surface area contributed by atoms with E-state index >= 15 is 0 Å². The van der Waals surface area contributed by atoms with Gasteiger partial charge in [-0.05, 0) is 91.3 Å². The summed E-state index contributed by atoms with van der Waals surface area (Å²) in [5.74, 6) is -0.304. The normalized spacial score (nSPS) is 11.3. The molecule has 0 heterocycles. The molecule has 0 atom stereocenters. The summed E-state index contributed by atoms with van der Waals surface area (Å²) in [5, 5.41) is 2.95. The highest BCUT2D eigenvalue weighted by molar-refractivity contribution is 7.92. The van der Waals surface area contributed by atoms with Crippen LogP contribution in [0.4, 0.5) is 5.69 Å². The van der Waals surface area contributed by atoms with Crippen molar-refractivity contribution in [2.75, 3.05) is 4.72 Å². The van der Waals surface area contributed by atoms with Gasteiger partial charge in [-0.15, -0.1) is 0 Å². The highest BCUT2D eigenvalue weighted by atomic mass is 32.2. The van der Waals surface area contributed by atoms with E-state index in [1.807, 2.05) is 19.9 Å². The number of sulfonamides is 1. The van der Waals surface area contributed by atoms with E-state index in [2.05, 4.69) is 42.1 Å². The Kier molecular flexibility index (Phi) is 7.59. The zero-order valence-corrected chi connectivity index (χ0v) is 20.8. The van der Waals surface area contributed by atoms with Gasteiger partial charge in [-0.25, -0.2) is 8.42 Å². The molecule has 33 heavy (non-hydrogen) atoms. The van der Waals surface area contributed by atoms with Crippen LogP contribution in [0, 0.1) is 20.8 Å². The minimum absolute atomic E-state index is 0.0940. The average Bonchev–Trinajstić information content (AvgIpc) is 2.76. The Bertz CT molecular complexity index is 1260. The van der Waals surface area contributed by atoms with Crippen LogP contribution in [0.2, 0.25) is 0 Å². The van der Waals surface area contributed by atoms with E-state index in [9.17, 15) is 13.2 Å². The zero-order chi connectivity index (χ0) is 24.2. The first-order chi connectivity index (χ1) is 15.6. The predicted octanol–water partition coefficient (Wildman–Crippen LogP) is 5.47. The smallest absolute Gasteiger partial charge is 0.262 e. The summed E-state index contributed by atoms with van der Waals surface area (Å²) in [6.45, 7) is 10.1. The number of aryl methyl sites for hydroxylation is 5. The number of amides is 1. The van der Waals surface area contributed by atoms with Crippen molar-refractivity contribution in [3.05, 3.63) is 93.5 Å². The summed E-state index contributed by atoms with van der Waals surface area (Å²) in [5.41, 5.74) is 6.83. The largest absolute Gasteiger partial charge is 0.348 e. The number of benzene rings is 3. The number of carbonyl (C=O) groups excluding carboxylic acids is 1. The van der Waals surface area contributed by atoms with Crippen LogP contribution in [0.15, 0.2) is 59.5 Å². The van der Waals surface area contributed by atoms with Gasteiger partial charge in [0.05, 0.1) is 4.90 Å². The van der Waals surface area contributed by atoms with Gasteiger partial charge in [0, 0.05) is 17.8 Å². The van der Waals surface area contributed by atoms with Gasteiger partial charge in [0.1, 0.15) is 0 Å². The number of anilines is 1. The third-order valence-corrected chi connectivity index (χ3v) is 7.24. The first-order valence-corrected chi connectivity index (χ1v) is 12.7. The minimum Gasteiger partial charge on any atom is -0.348 e. The minimum atomic E-state index is -3.85. The molecule has 0 aliphatic carbocycles. The Balaban J connectivity index is 1.82. The molecule has 0 radical (unpaired) electrons. The third kappa shape index (κ3) is 6.02. The van der Waals surface area contributed by atoms with Crippen molar-refractivity contribution in [3.63, 3.8) is 0 Å². The summed E-state index contributed by atoms with van der Waals surface area (Å²) >= 11 is 0. The molecule has 0 aromatic heterocycles. The molecule has 6 heteroatoms. The highest BCUT2D eigenvalue weighted by Gasteiger charge is 2.20. The lowest BCUT2D eigenvalue weighted by Gasteiger charge is -2.14. The molecule has 3 rings (SSSR count). The molecule has 0 bridgehead atoms. The third-order valence-electron chi connectivity index (χ3n) is 5.71. The van der Waals surface area contributed by atoms with Crippen LogP contribution in [0.1, 0.15) is 57.6 Å². The van der Waals surface area contributed by atoms with E-state index in [-0.39, 0.29) is 10.8 Å². The number of carbonyl (C=O) groups is 1. The van der Waals surface area contributed by atoms with Crippen LogP contribution in [-0.2, 0) is 29.4 Å². The predicted molar refractivity (Wildman–Crippen MR) is 134 cm³/mol. The van der Waals surface area contributed by atoms with Gasteiger partial charge in [0.25, 0.3) is 15.9 Å². The zero-order valence-electron chi connectivity index (χ0n) is 20.0. The van der Waals surface area contributed by atoms with E-state index < -0.39 is 10.0 Å². The Morgan fingerprint density at radius 2 is 1.52 bits per heavy atom. The average molecular weight is 465 g/mol. The van der Waals surface area contributed by atoms with Gasteiger partial charge in [-0.2, -0.15) is 0 Å². The Morgan fingerprint density at radius 1 is 0.818 bits per heavy atom. The van der Waals surface area contributed by atoms with Gasteiger partial charge in [-0.1, -0.05) is 44.2 Å². The van der Waals surface area contributed by atoms with Gasteiger partial charge in [-0.3, -0.25) is 9.52 Å². The lowest BCUT2D eigenvalue weighted by molar-refractivity contribution is 0.0950. The van der Waals surface area contributed by atoms with E-state index in [1.165, 1.54) is 17.2 Å². The van der Waals surface area contributed by atoms with Crippen molar-refractivity contribution >= 4 is 21.6 Å². The molecule has 0 unspecified atom stereocenters. The molecule has 0 aliphatic rings. The molecule has 0 fully saturated rings. The van der Waals surface area contributed by atoms with Crippen LogP contribution >= 0.6 is 0 Å². The van der Waals surface area contributed by atoms with Crippen molar-refractivity contribution in [2.24, 2.45) is 0 Å². The molecule has 0 aliphatic heterocycles. The quantitative estimate of drug-likeness (QED) is 0.464. The number of hydrogen-bond acceptors (Lipinski definition) is 3. The molecule has 3 aromatic rings. The van der Waals surface area contributed by atoms with E-state index in [1.54, 1.807) is 31.2 Å². The summed E-state index contributed by atoms with van der Waals surface area (Å²) in [6, 6.07) is 16.7. The second-order valence-electron chi connectivity index (χ2n) is 8.46. The van der Waals surface area contributed by atoms with Crippen molar-refractivity contribution in [1.29, 1.82) is 0 Å². The molecule has 0 saturated carbocycles. The van der Waals surface area contributed by atoms with Gasteiger partial charge < -0.3 is 5.32 Å². The van der Waals surface area contributed by atoms with E-state index in [0.29, 0.717) is 23.4 Å². The molecule has 0 saturated heterocycles. The van der Waals surface area contributed by atoms with Crippen LogP contribution < -0.4 is 10.0 Å². The van der Waals surface area contributed by atoms with E-state index in [0.717, 1.165) is 29.5 Å². The maximum absolute atomic E-state index is 13.1. The molecular formula is C27H32N2O3S. The molecule has 0 spiro atoms. The molecule has 2 N–H and O–H groups in total. The SMILES string of the molecule is CCc1ccc(CC)c(CNC(=O)c2ccc(C)c(S(=O)(=O)Nc3cc(C)cc(C)c3)c2)c1. The second-order valence-corrected chi connectivity index (χ2v) is 10.1. The summed E-state index contributed by atoms with van der Waals surface area (Å²) in [7, 11) is -3.85. The Morgan fingerprint density at radius 3 is 2.15 bits per heavy atom. The molecule has 3 aromatic carbocycles. The monoisotopic (exact) mass is 464 g/mol. The topological polar surface area (TPSA) is 75.3 Å². The number of nitrogens with one attached hydrogen (secondary N) is 2. The first kappa shape index (κ1) is 24.5. The van der Waals surface area contributed by atoms with Gasteiger partial charge in [0.15, 0.2) is 0 Å². The standard InChI is InChI=1S/C27H32N2O3S/c1-6-21-9-11-22(7-2)24(15-21)17-28-27(30)23-10-8-20(5)26(16-23)33(31,32)29-25-13-18(3)12-19(4)14-25/h8-16,29H,6-7,17H2,1-5H3,(H,28,30). The van der Waals surface area contributed by atoms with Crippen LogP contribution in [0.5, 0.6) is 0 Å². The fraction of sp³-hybridized carbons (Fsp3) is 0.296. The molecule has 5 nitrogen and oxygen atoms in total. The van der Waals surface area contributed by atoms with Crippen molar-refractivity contribution in [1.82, 2.24) is 5.32 Å². The fourth-order valence-electron chi connectivity index (χ4n) is 3.96. The van der Waals surface area contributed by atoms with Gasteiger partial charge in [0.2, 0.25) is 0 Å². The van der Waals surface area contributed by atoms with Crippen molar-refractivity contribution in [2.45, 2.75) is 58.9 Å². The van der Waals surface area contributed by atoms with Crippen LogP contribution in [0.25, 0.3) is 0 Å². The lowest BCUT2D eigenvalue weighted by atomic mass is 10.0. The maximum atomic E-state index is 13.1. The second kappa shape index (κ2) is 10.2. The summed E-state index contributed by atoms with van der Waals surface area (Å²) < 4.78 is 28.9. The summed E-state index contributed by atoms with van der Waals surface area (Å²) in [4.78, 5) is 13.0. The molecule has 1 amide bonds. The number of hydrogen-bond donors (Lipinski definition) is 2. The summed E-state index contributed by atoms with van der Waals surface area (Å²) in [6.07, 6.45) is 1.81. The first-order valence-electron chi connectivity index (χ1n) is 11.2.